The number of carbonyl (C=O) groups excluding carboxylic acids is 2. The number of aromatic nitrogens is 1. The Kier molecular flexibility index (Phi) is 4.93. The second kappa shape index (κ2) is 7.37. The number of nitrogens with zero attached hydrogens (tertiary/aromatic N) is 3. The van der Waals surface area contributed by atoms with Crippen molar-refractivity contribution in [1.82, 2.24) is 9.88 Å². The largest absolute Gasteiger partial charge is 0.291 e. The molecule has 1 unspecified atom stereocenters. The molecule has 0 N–H and O–H groups in total. The Bertz CT molecular complexity index is 869. The molecule has 2 amide bonds. The fourth-order valence-corrected chi connectivity index (χ4v) is 4.15. The number of benzene rings is 1. The number of rotatable bonds is 3. The van der Waals surface area contributed by atoms with Crippen LogP contribution in [-0.4, -0.2) is 40.8 Å². The lowest BCUT2D eigenvalue weighted by Crippen LogP contribution is -2.45. The van der Waals surface area contributed by atoms with Gasteiger partial charge in [-0.1, -0.05) is 11.6 Å². The molecule has 0 saturated carbocycles. The molecule has 0 aliphatic carbocycles. The molecule has 1 atom stereocenters. The molecular weight excluding hydrogens is 369 g/mol. The highest BCUT2D eigenvalue weighted by Crippen LogP contribution is 2.33. The van der Waals surface area contributed by atoms with Gasteiger partial charge in [0.25, 0.3) is 5.91 Å². The molecule has 0 radical (unpaired) electrons. The zero-order valence-electron chi connectivity index (χ0n) is 14.6. The van der Waals surface area contributed by atoms with E-state index in [1.54, 1.807) is 12.4 Å². The van der Waals surface area contributed by atoms with E-state index in [1.165, 1.54) is 23.8 Å². The maximum atomic E-state index is 13.4. The van der Waals surface area contributed by atoms with Crippen LogP contribution in [0.1, 0.15) is 30.7 Å². The second-order valence-electron chi connectivity index (χ2n) is 6.98. The van der Waals surface area contributed by atoms with E-state index in [0.29, 0.717) is 11.6 Å². The summed E-state index contributed by atoms with van der Waals surface area (Å²) in [5.74, 6) is -0.660. The highest BCUT2D eigenvalue weighted by atomic mass is 35.5. The van der Waals surface area contributed by atoms with Crippen molar-refractivity contribution in [3.05, 3.63) is 59.1 Å². The number of hydrogen-bond acceptors (Lipinski definition) is 4. The fraction of sp³-hybridized carbons (Fsp3) is 0.350. The Balaban J connectivity index is 1.45. The maximum Gasteiger partial charge on any atom is 0.251 e. The summed E-state index contributed by atoms with van der Waals surface area (Å²) in [7, 11) is 0. The van der Waals surface area contributed by atoms with Crippen molar-refractivity contribution >= 4 is 29.1 Å². The van der Waals surface area contributed by atoms with Gasteiger partial charge < -0.3 is 0 Å². The van der Waals surface area contributed by atoms with E-state index < -0.39 is 11.9 Å². The van der Waals surface area contributed by atoms with E-state index in [-0.39, 0.29) is 23.3 Å². The Labute approximate surface area is 161 Å². The van der Waals surface area contributed by atoms with Crippen LogP contribution in [0.2, 0.25) is 5.02 Å². The van der Waals surface area contributed by atoms with Gasteiger partial charge in [-0.05, 0) is 67.7 Å². The van der Waals surface area contributed by atoms with E-state index in [9.17, 15) is 14.0 Å². The second-order valence-corrected chi connectivity index (χ2v) is 7.38. The molecule has 2 fully saturated rings. The SMILES string of the molecule is O=C1CC(N2CCC(c3ccncc3)CC2)C(=O)N1c1ccc(F)c(Cl)c1. The molecule has 2 aliphatic rings. The molecule has 0 bridgehead atoms. The van der Waals surface area contributed by atoms with Crippen molar-refractivity contribution in [2.45, 2.75) is 31.2 Å². The zero-order chi connectivity index (χ0) is 19.0. The summed E-state index contributed by atoms with van der Waals surface area (Å²) in [6.07, 6.45) is 5.61. The molecule has 2 saturated heterocycles. The minimum atomic E-state index is -0.575. The predicted octanol–water partition coefficient (Wildman–Crippen LogP) is 3.39. The number of likely N-dealkylation sites (tertiary alicyclic amines) is 1. The smallest absolute Gasteiger partial charge is 0.251 e. The molecule has 5 nitrogen and oxygen atoms in total. The molecule has 0 spiro atoms. The number of amides is 2. The van der Waals surface area contributed by atoms with Gasteiger partial charge >= 0.3 is 0 Å². The first-order valence-electron chi connectivity index (χ1n) is 9.00. The fourth-order valence-electron chi connectivity index (χ4n) is 3.98. The van der Waals surface area contributed by atoms with Gasteiger partial charge in [0.2, 0.25) is 5.91 Å². The van der Waals surface area contributed by atoms with Crippen LogP contribution in [0, 0.1) is 5.82 Å². The van der Waals surface area contributed by atoms with E-state index in [4.69, 9.17) is 11.6 Å². The summed E-state index contributed by atoms with van der Waals surface area (Å²) in [6, 6.07) is 7.51. The van der Waals surface area contributed by atoms with Crippen LogP contribution in [0.25, 0.3) is 0 Å². The van der Waals surface area contributed by atoms with Crippen LogP contribution in [-0.2, 0) is 9.59 Å². The average Bonchev–Trinajstić information content (AvgIpc) is 2.99. The van der Waals surface area contributed by atoms with Crippen LogP contribution in [0.5, 0.6) is 0 Å². The van der Waals surface area contributed by atoms with E-state index in [1.807, 2.05) is 12.1 Å². The zero-order valence-corrected chi connectivity index (χ0v) is 15.4. The molecule has 27 heavy (non-hydrogen) atoms. The number of pyridine rings is 1. The lowest BCUT2D eigenvalue weighted by atomic mass is 9.89. The molecule has 140 valence electrons. The highest BCUT2D eigenvalue weighted by Gasteiger charge is 2.43. The van der Waals surface area contributed by atoms with E-state index in [0.717, 1.165) is 30.8 Å². The van der Waals surface area contributed by atoms with Gasteiger partial charge in [-0.25, -0.2) is 9.29 Å². The number of piperidine rings is 1. The van der Waals surface area contributed by atoms with Crippen molar-refractivity contribution in [3.63, 3.8) is 0 Å². The Morgan fingerprint density at radius 2 is 1.78 bits per heavy atom. The number of hydrogen-bond donors (Lipinski definition) is 0. The number of imide groups is 1. The molecule has 3 heterocycles. The minimum absolute atomic E-state index is 0.102. The minimum Gasteiger partial charge on any atom is -0.291 e. The monoisotopic (exact) mass is 387 g/mol. The highest BCUT2D eigenvalue weighted by molar-refractivity contribution is 6.31. The van der Waals surface area contributed by atoms with E-state index >= 15 is 0 Å². The number of carbonyl (C=O) groups is 2. The van der Waals surface area contributed by atoms with Gasteiger partial charge in [-0.15, -0.1) is 0 Å². The van der Waals surface area contributed by atoms with Gasteiger partial charge in [0, 0.05) is 12.4 Å². The Morgan fingerprint density at radius 3 is 2.44 bits per heavy atom. The summed E-state index contributed by atoms with van der Waals surface area (Å²) >= 11 is 5.81. The first-order chi connectivity index (χ1) is 13.0. The average molecular weight is 388 g/mol. The molecule has 2 aliphatic heterocycles. The first kappa shape index (κ1) is 18.1. The summed E-state index contributed by atoms with van der Waals surface area (Å²) in [4.78, 5) is 32.6. The van der Waals surface area contributed by atoms with Crippen LogP contribution < -0.4 is 4.90 Å². The Hall–Kier alpha value is -2.31. The van der Waals surface area contributed by atoms with Gasteiger partial charge in [0.1, 0.15) is 5.82 Å². The third-order valence-electron chi connectivity index (χ3n) is 5.43. The van der Waals surface area contributed by atoms with E-state index in [2.05, 4.69) is 9.88 Å². The van der Waals surface area contributed by atoms with Gasteiger partial charge in [0.15, 0.2) is 0 Å². The van der Waals surface area contributed by atoms with Crippen LogP contribution >= 0.6 is 11.6 Å². The summed E-state index contributed by atoms with van der Waals surface area (Å²) in [6.45, 7) is 1.52. The molecule has 1 aromatic carbocycles. The van der Waals surface area contributed by atoms with Crippen molar-refractivity contribution < 1.29 is 14.0 Å². The van der Waals surface area contributed by atoms with Crippen LogP contribution in [0.15, 0.2) is 42.7 Å². The van der Waals surface area contributed by atoms with Crippen LogP contribution in [0.4, 0.5) is 10.1 Å². The molecule has 1 aromatic heterocycles. The standard InChI is InChI=1S/C20H19ClFN3O2/c21-16-11-15(1-2-17(16)22)25-19(26)12-18(20(25)27)24-9-5-14(6-10-24)13-3-7-23-8-4-13/h1-4,7-8,11,14,18H,5-6,9-10,12H2. The third-order valence-corrected chi connectivity index (χ3v) is 5.72. The van der Waals surface area contributed by atoms with Crippen molar-refractivity contribution in [3.8, 4) is 0 Å². The third kappa shape index (κ3) is 3.47. The molecular formula is C20H19ClFN3O2. The van der Waals surface area contributed by atoms with Gasteiger partial charge in [-0.3, -0.25) is 19.5 Å². The number of halogens is 2. The van der Waals surface area contributed by atoms with Crippen LogP contribution in [0.3, 0.4) is 0 Å². The predicted molar refractivity (Wildman–Crippen MR) is 100 cm³/mol. The van der Waals surface area contributed by atoms with Crippen molar-refractivity contribution in [2.75, 3.05) is 18.0 Å². The summed E-state index contributed by atoms with van der Waals surface area (Å²) in [5.41, 5.74) is 1.59. The molecule has 7 heteroatoms. The Morgan fingerprint density at radius 1 is 1.07 bits per heavy atom. The quantitative estimate of drug-likeness (QED) is 0.757. The number of anilines is 1. The lowest BCUT2D eigenvalue weighted by Gasteiger charge is -2.34. The van der Waals surface area contributed by atoms with Gasteiger partial charge in [0.05, 0.1) is 23.2 Å². The van der Waals surface area contributed by atoms with Crippen molar-refractivity contribution in [2.24, 2.45) is 0 Å². The lowest BCUT2D eigenvalue weighted by molar-refractivity contribution is -0.123. The molecule has 4 rings (SSSR count). The molecule has 2 aromatic rings. The normalized spacial score (nSPS) is 21.9. The van der Waals surface area contributed by atoms with Crippen molar-refractivity contribution in [1.29, 1.82) is 0 Å². The summed E-state index contributed by atoms with van der Waals surface area (Å²) < 4.78 is 13.4. The summed E-state index contributed by atoms with van der Waals surface area (Å²) in [5, 5.41) is -0.102. The maximum absolute atomic E-state index is 13.4. The first-order valence-corrected chi connectivity index (χ1v) is 9.38. The van der Waals surface area contributed by atoms with Gasteiger partial charge in [-0.2, -0.15) is 0 Å². The topological polar surface area (TPSA) is 53.5 Å².